The third kappa shape index (κ3) is 13.3. The van der Waals surface area contributed by atoms with Crippen molar-refractivity contribution >= 4 is 23.8 Å². The highest BCUT2D eigenvalue weighted by Crippen LogP contribution is 2.05. The van der Waals surface area contributed by atoms with Crippen LogP contribution in [0, 0.1) is 0 Å². The van der Waals surface area contributed by atoms with Crippen molar-refractivity contribution in [3.8, 4) is 0 Å². The van der Waals surface area contributed by atoms with Crippen molar-refractivity contribution in [2.75, 3.05) is 67.3 Å². The van der Waals surface area contributed by atoms with Crippen LogP contribution in [0.25, 0.3) is 0 Å². The van der Waals surface area contributed by atoms with Gasteiger partial charge in [0, 0.05) is 59.7 Å². The summed E-state index contributed by atoms with van der Waals surface area (Å²) in [6.45, 7) is 7.46. The van der Waals surface area contributed by atoms with Gasteiger partial charge >= 0.3 is 11.9 Å². The van der Waals surface area contributed by atoms with Crippen molar-refractivity contribution in [3.63, 3.8) is 0 Å². The standard InChI is InChI=1S/C23H40N2O9/c1-7-8-11-24(12-15-30-4)22(28)18(2)33-20(26)9-10-21(27)34-19(3)23(29)25(13-16-31-5)14-17-32-6/h9-10,18-19H,7-8,11-17H2,1-6H3/b10-9+/t18-,19-/m0/s1. The summed E-state index contributed by atoms with van der Waals surface area (Å²) in [4.78, 5) is 52.3. The zero-order valence-electron chi connectivity index (χ0n) is 21.2. The molecule has 0 bridgehead atoms. The normalized spacial score (nSPS) is 12.8. The van der Waals surface area contributed by atoms with Crippen LogP contribution in [0.5, 0.6) is 0 Å². The van der Waals surface area contributed by atoms with E-state index in [1.165, 1.54) is 33.0 Å². The minimum Gasteiger partial charge on any atom is -0.449 e. The number of carbonyl (C=O) groups is 4. The summed E-state index contributed by atoms with van der Waals surface area (Å²) in [6, 6.07) is 0. The second-order valence-electron chi connectivity index (χ2n) is 7.47. The number of ether oxygens (including phenoxy) is 5. The van der Waals surface area contributed by atoms with Crippen molar-refractivity contribution in [3.05, 3.63) is 12.2 Å². The molecule has 0 unspecified atom stereocenters. The summed E-state index contributed by atoms with van der Waals surface area (Å²) < 4.78 is 25.2. The fourth-order valence-corrected chi connectivity index (χ4v) is 2.80. The molecule has 11 heteroatoms. The molecule has 0 aliphatic heterocycles. The summed E-state index contributed by atoms with van der Waals surface area (Å²) in [6.07, 6.45) is 1.34. The molecule has 0 rings (SSSR count). The Kier molecular flexibility index (Phi) is 17.5. The molecule has 0 spiro atoms. The molecule has 2 amide bonds. The molecule has 196 valence electrons. The highest BCUT2D eigenvalue weighted by Gasteiger charge is 2.24. The molecule has 2 atom stereocenters. The third-order valence-electron chi connectivity index (χ3n) is 4.74. The lowest BCUT2D eigenvalue weighted by Gasteiger charge is -2.25. The molecular weight excluding hydrogens is 448 g/mol. The van der Waals surface area contributed by atoms with E-state index in [1.54, 1.807) is 12.0 Å². The summed E-state index contributed by atoms with van der Waals surface area (Å²) in [5, 5.41) is 0. The second kappa shape index (κ2) is 18.9. The predicted octanol–water partition coefficient (Wildman–Crippen LogP) is 0.803. The highest BCUT2D eigenvalue weighted by molar-refractivity contribution is 5.94. The fourth-order valence-electron chi connectivity index (χ4n) is 2.80. The molecule has 11 nitrogen and oxygen atoms in total. The molecule has 0 aliphatic rings. The Labute approximate surface area is 202 Å². The molecule has 0 fully saturated rings. The van der Waals surface area contributed by atoms with Gasteiger partial charge in [-0.25, -0.2) is 9.59 Å². The lowest BCUT2D eigenvalue weighted by Crippen LogP contribution is -2.43. The van der Waals surface area contributed by atoms with Crippen molar-refractivity contribution in [2.45, 2.75) is 45.8 Å². The average molecular weight is 489 g/mol. The van der Waals surface area contributed by atoms with Gasteiger partial charge < -0.3 is 33.5 Å². The van der Waals surface area contributed by atoms with E-state index < -0.39 is 30.1 Å². The van der Waals surface area contributed by atoms with E-state index in [9.17, 15) is 19.2 Å². The Bertz CT molecular complexity index is 584. The quantitative estimate of drug-likeness (QED) is 0.204. The maximum absolute atomic E-state index is 12.6. The molecule has 0 N–H and O–H groups in total. The highest BCUT2D eigenvalue weighted by atomic mass is 16.6. The molecule has 0 saturated heterocycles. The average Bonchev–Trinajstić information content (AvgIpc) is 2.82. The van der Waals surface area contributed by atoms with Gasteiger partial charge in [-0.15, -0.1) is 0 Å². The molecule has 0 aromatic carbocycles. The predicted molar refractivity (Wildman–Crippen MR) is 124 cm³/mol. The fraction of sp³-hybridized carbons (Fsp3) is 0.739. The van der Waals surface area contributed by atoms with E-state index >= 15 is 0 Å². The zero-order chi connectivity index (χ0) is 25.9. The van der Waals surface area contributed by atoms with Crippen LogP contribution in [-0.2, 0) is 42.9 Å². The van der Waals surface area contributed by atoms with E-state index in [0.29, 0.717) is 46.0 Å². The largest absolute Gasteiger partial charge is 0.449 e. The van der Waals surface area contributed by atoms with Crippen LogP contribution in [0.3, 0.4) is 0 Å². The van der Waals surface area contributed by atoms with Crippen LogP contribution < -0.4 is 0 Å². The van der Waals surface area contributed by atoms with Crippen molar-refractivity contribution < 1.29 is 42.9 Å². The number of carbonyl (C=O) groups excluding carboxylic acids is 4. The summed E-state index contributed by atoms with van der Waals surface area (Å²) in [7, 11) is 4.58. The molecule has 0 saturated carbocycles. The first-order chi connectivity index (χ1) is 16.2. The van der Waals surface area contributed by atoms with Crippen LogP contribution in [-0.4, -0.2) is 113 Å². The lowest BCUT2D eigenvalue weighted by molar-refractivity contribution is -0.157. The minimum absolute atomic E-state index is 0.314. The van der Waals surface area contributed by atoms with Crippen LogP contribution >= 0.6 is 0 Å². The van der Waals surface area contributed by atoms with Crippen molar-refractivity contribution in [1.82, 2.24) is 9.80 Å². The first kappa shape index (κ1) is 31.5. The minimum atomic E-state index is -1.07. The lowest BCUT2D eigenvalue weighted by atomic mass is 10.2. The first-order valence-corrected chi connectivity index (χ1v) is 11.3. The van der Waals surface area contributed by atoms with Crippen molar-refractivity contribution in [1.29, 1.82) is 0 Å². The van der Waals surface area contributed by atoms with Gasteiger partial charge in [0.15, 0.2) is 12.2 Å². The molecular formula is C23H40N2O9. The number of hydrogen-bond donors (Lipinski definition) is 0. The number of methoxy groups -OCH3 is 3. The first-order valence-electron chi connectivity index (χ1n) is 11.3. The van der Waals surface area contributed by atoms with E-state index in [0.717, 1.165) is 25.0 Å². The Morgan fingerprint density at radius 1 is 0.676 bits per heavy atom. The van der Waals surface area contributed by atoms with Gasteiger partial charge in [0.05, 0.1) is 19.8 Å². The summed E-state index contributed by atoms with van der Waals surface area (Å²) in [5.41, 5.74) is 0. The number of rotatable bonds is 18. The number of nitrogens with zero attached hydrogens (tertiary/aromatic N) is 2. The molecule has 0 radical (unpaired) electrons. The van der Waals surface area contributed by atoms with Gasteiger partial charge in [0.1, 0.15) is 0 Å². The van der Waals surface area contributed by atoms with Gasteiger partial charge in [-0.1, -0.05) is 13.3 Å². The SMILES string of the molecule is CCCCN(CCOC)C(=O)[C@H](C)OC(=O)/C=C/C(=O)O[C@@H](C)C(=O)N(CCOC)CCOC. The summed E-state index contributed by atoms with van der Waals surface area (Å²) in [5.74, 6) is -2.53. The molecule has 0 aromatic rings. The maximum Gasteiger partial charge on any atom is 0.331 e. The van der Waals surface area contributed by atoms with Gasteiger partial charge in [0.2, 0.25) is 0 Å². The topological polar surface area (TPSA) is 121 Å². The monoisotopic (exact) mass is 488 g/mol. The second-order valence-corrected chi connectivity index (χ2v) is 7.47. The van der Waals surface area contributed by atoms with Crippen LogP contribution in [0.1, 0.15) is 33.6 Å². The Morgan fingerprint density at radius 3 is 1.35 bits per heavy atom. The molecule has 0 aliphatic carbocycles. The number of amides is 2. The number of esters is 2. The maximum atomic E-state index is 12.6. The van der Waals surface area contributed by atoms with E-state index in [4.69, 9.17) is 23.7 Å². The molecule has 34 heavy (non-hydrogen) atoms. The smallest absolute Gasteiger partial charge is 0.331 e. The summed E-state index contributed by atoms with van der Waals surface area (Å²) >= 11 is 0. The molecule has 0 aromatic heterocycles. The van der Waals surface area contributed by atoms with E-state index in [1.807, 2.05) is 6.92 Å². The van der Waals surface area contributed by atoms with Gasteiger partial charge in [-0.3, -0.25) is 9.59 Å². The Morgan fingerprint density at radius 2 is 1.03 bits per heavy atom. The molecule has 0 heterocycles. The number of hydrogen-bond acceptors (Lipinski definition) is 9. The van der Waals surface area contributed by atoms with Crippen LogP contribution in [0.4, 0.5) is 0 Å². The Hall–Kier alpha value is -2.50. The van der Waals surface area contributed by atoms with Crippen molar-refractivity contribution in [2.24, 2.45) is 0 Å². The number of unbranched alkanes of at least 4 members (excludes halogenated alkanes) is 1. The van der Waals surface area contributed by atoms with Crippen LogP contribution in [0.15, 0.2) is 12.2 Å². The van der Waals surface area contributed by atoms with E-state index in [2.05, 4.69) is 0 Å². The Balaban J connectivity index is 4.80. The third-order valence-corrected chi connectivity index (χ3v) is 4.74. The van der Waals surface area contributed by atoms with Crippen LogP contribution in [0.2, 0.25) is 0 Å². The zero-order valence-corrected chi connectivity index (χ0v) is 21.2. The van der Waals surface area contributed by atoms with Gasteiger partial charge in [-0.2, -0.15) is 0 Å². The van der Waals surface area contributed by atoms with E-state index in [-0.39, 0.29) is 5.91 Å². The van der Waals surface area contributed by atoms with Gasteiger partial charge in [-0.05, 0) is 20.3 Å². The van der Waals surface area contributed by atoms with Gasteiger partial charge in [0.25, 0.3) is 11.8 Å².